The van der Waals surface area contributed by atoms with Gasteiger partial charge in [-0.2, -0.15) is 5.26 Å². The zero-order valence-electron chi connectivity index (χ0n) is 11.4. The number of allylic oxidation sites excluding steroid dienone is 1. The van der Waals surface area contributed by atoms with Crippen LogP contribution in [0.25, 0.3) is 5.70 Å². The molecule has 116 valence electrons. The fraction of sp³-hybridized carbons (Fsp3) is 0. The number of Topliss-reactive ketones (excluding diaryl/α,β-unsaturated/α-hetero) is 1. The van der Waals surface area contributed by atoms with Gasteiger partial charge in [-0.1, -0.05) is 0 Å². The summed E-state index contributed by atoms with van der Waals surface area (Å²) < 4.78 is 0. The van der Waals surface area contributed by atoms with Gasteiger partial charge < -0.3 is 16.6 Å². The number of hydrogen-bond donors (Lipinski definition) is 3. The maximum absolute atomic E-state index is 12.2. The lowest BCUT2D eigenvalue weighted by atomic mass is 10.0. The van der Waals surface area contributed by atoms with Crippen LogP contribution < -0.4 is 11.5 Å². The van der Waals surface area contributed by atoms with E-state index in [1.165, 1.54) is 22.2 Å². The minimum absolute atomic E-state index is 0.0212. The summed E-state index contributed by atoms with van der Waals surface area (Å²) in [6.07, 6.45) is 0. The van der Waals surface area contributed by atoms with Crippen LogP contribution in [-0.4, -0.2) is 20.8 Å². The molecule has 1 aromatic heterocycles. The SMILES string of the molecule is N#CC(C(=O)c1cscn1)=C(N)c1cc(N)c(O)c([N+](=O)[O-])c1. The van der Waals surface area contributed by atoms with E-state index in [1.807, 2.05) is 0 Å². The van der Waals surface area contributed by atoms with Gasteiger partial charge in [0.15, 0.2) is 0 Å². The summed E-state index contributed by atoms with van der Waals surface area (Å²) in [7, 11) is 0. The Labute approximate surface area is 133 Å². The summed E-state index contributed by atoms with van der Waals surface area (Å²) in [5.74, 6) is -1.42. The highest BCUT2D eigenvalue weighted by atomic mass is 32.1. The molecule has 1 heterocycles. The van der Waals surface area contributed by atoms with Crippen molar-refractivity contribution in [1.29, 1.82) is 5.26 Å². The number of carbonyl (C=O) groups is 1. The van der Waals surface area contributed by atoms with Crippen LogP contribution in [-0.2, 0) is 0 Å². The topological polar surface area (TPSA) is 169 Å². The van der Waals surface area contributed by atoms with Crippen molar-refractivity contribution in [3.8, 4) is 11.8 Å². The van der Waals surface area contributed by atoms with Crippen molar-refractivity contribution < 1.29 is 14.8 Å². The fourth-order valence-electron chi connectivity index (χ4n) is 1.77. The molecule has 5 N–H and O–H groups in total. The van der Waals surface area contributed by atoms with Crippen LogP contribution in [0.5, 0.6) is 5.75 Å². The number of anilines is 1. The highest BCUT2D eigenvalue weighted by Crippen LogP contribution is 2.35. The number of rotatable bonds is 4. The molecule has 0 atom stereocenters. The Bertz CT molecular complexity index is 867. The number of nitrogen functional groups attached to an aromatic ring is 1. The van der Waals surface area contributed by atoms with E-state index in [9.17, 15) is 25.3 Å². The zero-order valence-corrected chi connectivity index (χ0v) is 12.2. The van der Waals surface area contributed by atoms with Gasteiger partial charge in [0.2, 0.25) is 11.5 Å². The number of phenols is 1. The normalized spacial score (nSPS) is 11.4. The molecule has 0 spiro atoms. The molecule has 2 aromatic rings. The average Bonchev–Trinajstić information content (AvgIpc) is 3.04. The van der Waals surface area contributed by atoms with E-state index in [1.54, 1.807) is 6.07 Å². The molecule has 0 unspecified atom stereocenters. The van der Waals surface area contributed by atoms with Gasteiger partial charge in [-0.15, -0.1) is 11.3 Å². The number of phenolic OH excluding ortho intramolecular Hbond substituents is 1. The summed E-state index contributed by atoms with van der Waals surface area (Å²) >= 11 is 1.17. The number of nitro benzene ring substituents is 1. The number of aromatic hydroxyl groups is 1. The Morgan fingerprint density at radius 1 is 1.48 bits per heavy atom. The van der Waals surface area contributed by atoms with E-state index < -0.39 is 27.7 Å². The first-order chi connectivity index (χ1) is 10.9. The van der Waals surface area contributed by atoms with Crippen molar-refractivity contribution in [2.45, 2.75) is 0 Å². The molecule has 0 aliphatic carbocycles. The van der Waals surface area contributed by atoms with Crippen molar-refractivity contribution in [2.24, 2.45) is 5.73 Å². The van der Waals surface area contributed by atoms with E-state index >= 15 is 0 Å². The monoisotopic (exact) mass is 331 g/mol. The van der Waals surface area contributed by atoms with Crippen molar-refractivity contribution in [3.63, 3.8) is 0 Å². The predicted octanol–water partition coefficient (Wildman–Crippen LogP) is 1.42. The van der Waals surface area contributed by atoms with Crippen molar-refractivity contribution in [3.05, 3.63) is 50.0 Å². The zero-order chi connectivity index (χ0) is 17.1. The minimum atomic E-state index is -0.850. The molecule has 0 aliphatic rings. The largest absolute Gasteiger partial charge is 0.501 e. The van der Waals surface area contributed by atoms with Crippen molar-refractivity contribution >= 4 is 34.2 Å². The molecule has 0 radical (unpaired) electrons. The van der Waals surface area contributed by atoms with Gasteiger partial charge in [0.05, 0.1) is 21.8 Å². The highest BCUT2D eigenvalue weighted by molar-refractivity contribution is 7.07. The minimum Gasteiger partial charge on any atom is -0.501 e. The molecule has 0 bridgehead atoms. The molecule has 9 nitrogen and oxygen atoms in total. The Hall–Kier alpha value is -3.45. The summed E-state index contributed by atoms with van der Waals surface area (Å²) in [4.78, 5) is 26.0. The number of nitrogens with zero attached hydrogens (tertiary/aromatic N) is 3. The molecule has 23 heavy (non-hydrogen) atoms. The molecule has 0 aliphatic heterocycles. The average molecular weight is 331 g/mol. The van der Waals surface area contributed by atoms with Crippen LogP contribution in [0.15, 0.2) is 28.6 Å². The third-order valence-corrected chi connectivity index (χ3v) is 3.49. The van der Waals surface area contributed by atoms with Crippen LogP contribution in [0.2, 0.25) is 0 Å². The van der Waals surface area contributed by atoms with Gasteiger partial charge in [-0.3, -0.25) is 14.9 Å². The molecule has 0 saturated heterocycles. The second kappa shape index (κ2) is 6.12. The summed E-state index contributed by atoms with van der Waals surface area (Å²) in [6.45, 7) is 0. The van der Waals surface area contributed by atoms with Crippen molar-refractivity contribution in [1.82, 2.24) is 4.98 Å². The van der Waals surface area contributed by atoms with Crippen LogP contribution in [0.1, 0.15) is 16.1 Å². The number of hydrogen-bond acceptors (Lipinski definition) is 9. The Morgan fingerprint density at radius 2 is 2.17 bits per heavy atom. The molecular weight excluding hydrogens is 322 g/mol. The van der Waals surface area contributed by atoms with Gasteiger partial charge in [0.1, 0.15) is 17.3 Å². The quantitative estimate of drug-likeness (QED) is 0.144. The lowest BCUT2D eigenvalue weighted by Gasteiger charge is -2.07. The van der Waals surface area contributed by atoms with E-state index in [-0.39, 0.29) is 22.6 Å². The van der Waals surface area contributed by atoms with E-state index in [0.717, 1.165) is 12.1 Å². The third kappa shape index (κ3) is 2.94. The van der Waals surface area contributed by atoms with Crippen molar-refractivity contribution in [2.75, 3.05) is 5.73 Å². The van der Waals surface area contributed by atoms with Gasteiger partial charge in [-0.25, -0.2) is 4.98 Å². The molecule has 0 saturated carbocycles. The number of carbonyl (C=O) groups excluding carboxylic acids is 1. The summed E-state index contributed by atoms with van der Waals surface area (Å²) in [6, 6.07) is 3.75. The van der Waals surface area contributed by atoms with Gasteiger partial charge in [-0.05, 0) is 6.07 Å². The van der Waals surface area contributed by atoms with E-state index in [0.29, 0.717) is 0 Å². The maximum atomic E-state index is 12.2. The first kappa shape index (κ1) is 15.9. The number of aromatic nitrogens is 1. The smallest absolute Gasteiger partial charge is 0.313 e. The van der Waals surface area contributed by atoms with E-state index in [4.69, 9.17) is 11.5 Å². The number of ketones is 1. The number of thiazole rings is 1. The fourth-order valence-corrected chi connectivity index (χ4v) is 2.30. The van der Waals surface area contributed by atoms with Gasteiger partial charge in [0.25, 0.3) is 0 Å². The van der Waals surface area contributed by atoms with Gasteiger partial charge in [0, 0.05) is 17.0 Å². The van der Waals surface area contributed by atoms with Gasteiger partial charge >= 0.3 is 5.69 Å². The second-order valence-electron chi connectivity index (χ2n) is 4.29. The first-order valence-corrected chi connectivity index (χ1v) is 6.91. The second-order valence-corrected chi connectivity index (χ2v) is 5.01. The lowest BCUT2D eigenvalue weighted by Crippen LogP contribution is -2.10. The summed E-state index contributed by atoms with van der Waals surface area (Å²) in [5, 5.41) is 31.1. The number of nitrogens with two attached hydrogens (primary N) is 2. The molecular formula is C13H9N5O4S. The lowest BCUT2D eigenvalue weighted by molar-refractivity contribution is -0.385. The van der Waals surface area contributed by atoms with Crippen LogP contribution in [0.4, 0.5) is 11.4 Å². The highest BCUT2D eigenvalue weighted by Gasteiger charge is 2.23. The number of nitriles is 1. The van der Waals surface area contributed by atoms with Crippen LogP contribution >= 0.6 is 11.3 Å². The van der Waals surface area contributed by atoms with E-state index in [2.05, 4.69) is 4.98 Å². The van der Waals surface area contributed by atoms with Crippen LogP contribution in [0, 0.1) is 21.4 Å². The summed E-state index contributed by atoms with van der Waals surface area (Å²) in [5.41, 5.74) is 11.0. The number of nitro groups is 1. The Kier molecular flexibility index (Phi) is 4.24. The molecule has 2 rings (SSSR count). The predicted molar refractivity (Wildman–Crippen MR) is 82.3 cm³/mol. The molecule has 10 heteroatoms. The third-order valence-electron chi connectivity index (χ3n) is 2.90. The number of benzene rings is 1. The molecule has 0 amide bonds. The standard InChI is InChI=1S/C13H9N5O4S/c14-3-7(12(19)9-4-23-5-17-9)11(16)6-1-8(15)13(20)10(2-6)18(21)22/h1-2,4-5,20H,15-16H2. The maximum Gasteiger partial charge on any atom is 0.313 e. The molecule has 1 aromatic carbocycles. The van der Waals surface area contributed by atoms with Crippen LogP contribution in [0.3, 0.4) is 0 Å². The molecule has 0 fully saturated rings. The first-order valence-electron chi connectivity index (χ1n) is 5.96. The Morgan fingerprint density at radius 3 is 2.70 bits per heavy atom. The Balaban J connectivity index is 2.61.